The van der Waals surface area contributed by atoms with E-state index in [1.165, 1.54) is 0 Å². The van der Waals surface area contributed by atoms with Gasteiger partial charge in [0, 0.05) is 34.0 Å². The second kappa shape index (κ2) is 7.68. The zero-order valence-electron chi connectivity index (χ0n) is 13.8. The SMILES string of the molecule is CC(C)Nc1nc(Nc2cc(Cl)cc(Cl)c2)cc(-c2ccccn2)n1. The predicted molar refractivity (Wildman–Crippen MR) is 104 cm³/mol. The maximum absolute atomic E-state index is 6.06. The van der Waals surface area contributed by atoms with Gasteiger partial charge >= 0.3 is 0 Å². The zero-order chi connectivity index (χ0) is 17.8. The molecule has 0 radical (unpaired) electrons. The fourth-order valence-corrected chi connectivity index (χ4v) is 2.78. The van der Waals surface area contributed by atoms with Crippen LogP contribution in [0.15, 0.2) is 48.7 Å². The zero-order valence-corrected chi connectivity index (χ0v) is 15.3. The van der Waals surface area contributed by atoms with Crippen molar-refractivity contribution < 1.29 is 0 Å². The number of rotatable bonds is 5. The van der Waals surface area contributed by atoms with Crippen molar-refractivity contribution in [1.82, 2.24) is 15.0 Å². The number of aromatic nitrogens is 3. The van der Waals surface area contributed by atoms with Gasteiger partial charge in [0.1, 0.15) is 5.82 Å². The Hall–Kier alpha value is -2.37. The molecule has 2 N–H and O–H groups in total. The monoisotopic (exact) mass is 373 g/mol. The Morgan fingerprint density at radius 3 is 2.32 bits per heavy atom. The van der Waals surface area contributed by atoms with Crippen LogP contribution in [0.5, 0.6) is 0 Å². The van der Waals surface area contributed by atoms with Gasteiger partial charge in [-0.25, -0.2) is 4.98 Å². The Kier molecular flexibility index (Phi) is 5.36. The average Bonchev–Trinajstić information content (AvgIpc) is 2.54. The molecule has 0 atom stereocenters. The second-order valence-corrected chi connectivity index (χ2v) is 6.63. The Morgan fingerprint density at radius 1 is 0.920 bits per heavy atom. The molecule has 0 aliphatic carbocycles. The maximum Gasteiger partial charge on any atom is 0.225 e. The van der Waals surface area contributed by atoms with Gasteiger partial charge in [-0.05, 0) is 44.2 Å². The van der Waals surface area contributed by atoms with Crippen molar-refractivity contribution in [3.8, 4) is 11.4 Å². The lowest BCUT2D eigenvalue weighted by atomic mass is 10.2. The van der Waals surface area contributed by atoms with Gasteiger partial charge in [0.25, 0.3) is 0 Å². The molecule has 0 unspecified atom stereocenters. The minimum atomic E-state index is 0.201. The van der Waals surface area contributed by atoms with E-state index in [2.05, 4.69) is 25.6 Å². The van der Waals surface area contributed by atoms with E-state index in [-0.39, 0.29) is 6.04 Å². The lowest BCUT2D eigenvalue weighted by Gasteiger charge is -2.13. The topological polar surface area (TPSA) is 62.7 Å². The van der Waals surface area contributed by atoms with Crippen LogP contribution in [0.3, 0.4) is 0 Å². The Morgan fingerprint density at radius 2 is 1.68 bits per heavy atom. The number of pyridine rings is 1. The fourth-order valence-electron chi connectivity index (χ4n) is 2.25. The van der Waals surface area contributed by atoms with E-state index in [1.807, 2.05) is 38.1 Å². The molecule has 0 spiro atoms. The van der Waals surface area contributed by atoms with Gasteiger partial charge in [-0.1, -0.05) is 29.3 Å². The number of anilines is 3. The third-order valence-electron chi connectivity index (χ3n) is 3.21. The van der Waals surface area contributed by atoms with Crippen LogP contribution in [0.2, 0.25) is 10.0 Å². The Labute approximate surface area is 156 Å². The average molecular weight is 374 g/mol. The molecular formula is C18H17Cl2N5. The van der Waals surface area contributed by atoms with E-state index < -0.39 is 0 Å². The first-order valence-electron chi connectivity index (χ1n) is 7.80. The maximum atomic E-state index is 6.06. The number of nitrogens with zero attached hydrogens (tertiary/aromatic N) is 3. The number of benzene rings is 1. The van der Waals surface area contributed by atoms with E-state index >= 15 is 0 Å². The van der Waals surface area contributed by atoms with E-state index in [0.717, 1.165) is 17.1 Å². The van der Waals surface area contributed by atoms with Crippen molar-refractivity contribution in [3.05, 3.63) is 58.7 Å². The van der Waals surface area contributed by atoms with Crippen molar-refractivity contribution >= 4 is 40.7 Å². The quantitative estimate of drug-likeness (QED) is 0.625. The fraction of sp³-hybridized carbons (Fsp3) is 0.167. The van der Waals surface area contributed by atoms with Gasteiger partial charge in [0.05, 0.1) is 11.4 Å². The van der Waals surface area contributed by atoms with Crippen molar-refractivity contribution in [2.24, 2.45) is 0 Å². The third kappa shape index (κ3) is 4.81. The van der Waals surface area contributed by atoms with Crippen LogP contribution in [0.25, 0.3) is 11.4 Å². The summed E-state index contributed by atoms with van der Waals surface area (Å²) in [6.45, 7) is 4.06. The van der Waals surface area contributed by atoms with Gasteiger partial charge in [0.2, 0.25) is 5.95 Å². The minimum Gasteiger partial charge on any atom is -0.352 e. The smallest absolute Gasteiger partial charge is 0.225 e. The summed E-state index contributed by atoms with van der Waals surface area (Å²) in [5, 5.41) is 7.54. The first kappa shape index (κ1) is 17.5. The van der Waals surface area contributed by atoms with Crippen LogP contribution < -0.4 is 10.6 Å². The summed E-state index contributed by atoms with van der Waals surface area (Å²) >= 11 is 12.1. The van der Waals surface area contributed by atoms with Gasteiger partial charge in [-0.2, -0.15) is 4.98 Å². The third-order valence-corrected chi connectivity index (χ3v) is 3.64. The first-order chi connectivity index (χ1) is 12.0. The molecule has 25 heavy (non-hydrogen) atoms. The largest absolute Gasteiger partial charge is 0.352 e. The van der Waals surface area contributed by atoms with Crippen LogP contribution in [-0.2, 0) is 0 Å². The summed E-state index contributed by atoms with van der Waals surface area (Å²) in [6.07, 6.45) is 1.73. The van der Waals surface area contributed by atoms with E-state index in [9.17, 15) is 0 Å². The molecule has 0 aliphatic rings. The molecule has 1 aromatic carbocycles. The van der Waals surface area contributed by atoms with Crippen molar-refractivity contribution in [1.29, 1.82) is 0 Å². The molecule has 128 valence electrons. The molecule has 7 heteroatoms. The summed E-state index contributed by atoms with van der Waals surface area (Å²) in [6, 6.07) is 13.0. The number of hydrogen-bond donors (Lipinski definition) is 2. The molecule has 0 saturated carbocycles. The highest BCUT2D eigenvalue weighted by Crippen LogP contribution is 2.26. The predicted octanol–water partition coefficient (Wildman–Crippen LogP) is 5.41. The van der Waals surface area contributed by atoms with Crippen LogP contribution in [-0.4, -0.2) is 21.0 Å². The van der Waals surface area contributed by atoms with Gasteiger partial charge in [0.15, 0.2) is 0 Å². The molecule has 0 bridgehead atoms. The number of hydrogen-bond acceptors (Lipinski definition) is 5. The van der Waals surface area contributed by atoms with Crippen LogP contribution in [0, 0.1) is 0 Å². The molecule has 2 aromatic heterocycles. The standard InChI is InChI=1S/C18H17Cl2N5/c1-11(2)22-18-24-16(15-5-3-4-6-21-15)10-17(25-18)23-14-8-12(19)7-13(20)9-14/h3-11H,1-2H3,(H2,22,23,24,25). The molecule has 2 heterocycles. The highest BCUT2D eigenvalue weighted by atomic mass is 35.5. The molecule has 0 amide bonds. The van der Waals surface area contributed by atoms with E-state index in [4.69, 9.17) is 23.2 Å². The Balaban J connectivity index is 1.99. The number of halogens is 2. The first-order valence-corrected chi connectivity index (χ1v) is 8.55. The van der Waals surface area contributed by atoms with Crippen LogP contribution >= 0.6 is 23.2 Å². The van der Waals surface area contributed by atoms with Gasteiger partial charge in [-0.15, -0.1) is 0 Å². The minimum absolute atomic E-state index is 0.201. The molecule has 5 nitrogen and oxygen atoms in total. The van der Waals surface area contributed by atoms with Crippen molar-refractivity contribution in [2.45, 2.75) is 19.9 Å². The normalized spacial score (nSPS) is 10.8. The lowest BCUT2D eigenvalue weighted by Crippen LogP contribution is -2.13. The molecule has 0 fully saturated rings. The van der Waals surface area contributed by atoms with Crippen molar-refractivity contribution in [2.75, 3.05) is 10.6 Å². The lowest BCUT2D eigenvalue weighted by molar-refractivity contribution is 0.875. The number of nitrogens with one attached hydrogen (secondary N) is 2. The van der Waals surface area contributed by atoms with E-state index in [0.29, 0.717) is 21.8 Å². The highest BCUT2D eigenvalue weighted by Gasteiger charge is 2.09. The molecule has 3 rings (SSSR count). The molecule has 3 aromatic rings. The second-order valence-electron chi connectivity index (χ2n) is 5.76. The summed E-state index contributed by atoms with van der Waals surface area (Å²) < 4.78 is 0. The summed E-state index contributed by atoms with van der Waals surface area (Å²) in [5.74, 6) is 1.14. The van der Waals surface area contributed by atoms with E-state index in [1.54, 1.807) is 24.4 Å². The summed E-state index contributed by atoms with van der Waals surface area (Å²) in [7, 11) is 0. The van der Waals surface area contributed by atoms with Crippen LogP contribution in [0.1, 0.15) is 13.8 Å². The molecule has 0 saturated heterocycles. The molecule has 0 aliphatic heterocycles. The molecular weight excluding hydrogens is 357 g/mol. The van der Waals surface area contributed by atoms with Crippen LogP contribution in [0.4, 0.5) is 17.5 Å². The summed E-state index contributed by atoms with van der Waals surface area (Å²) in [4.78, 5) is 13.4. The van der Waals surface area contributed by atoms with Crippen molar-refractivity contribution in [3.63, 3.8) is 0 Å². The Bertz CT molecular complexity index is 848. The van der Waals surface area contributed by atoms with Gasteiger partial charge < -0.3 is 10.6 Å². The van der Waals surface area contributed by atoms with Gasteiger partial charge in [-0.3, -0.25) is 4.98 Å². The summed E-state index contributed by atoms with van der Waals surface area (Å²) in [5.41, 5.74) is 2.23. The highest BCUT2D eigenvalue weighted by molar-refractivity contribution is 6.35.